The average Bonchev–Trinajstić information content (AvgIpc) is 2.36. The van der Waals surface area contributed by atoms with Gasteiger partial charge in [-0.15, -0.1) is 11.6 Å². The topological polar surface area (TPSA) is 41.5 Å². The summed E-state index contributed by atoms with van der Waals surface area (Å²) in [5.41, 5.74) is -0.598. The molecule has 2 N–H and O–H groups in total. The summed E-state index contributed by atoms with van der Waals surface area (Å²) in [4.78, 5) is 0. The zero-order valence-corrected chi connectivity index (χ0v) is 11.1. The van der Waals surface area contributed by atoms with Gasteiger partial charge in [-0.05, 0) is 25.1 Å². The van der Waals surface area contributed by atoms with E-state index in [9.17, 15) is 18.3 Å². The Balaban J connectivity index is 2.95. The van der Waals surface area contributed by atoms with E-state index < -0.39 is 17.8 Å². The lowest BCUT2D eigenvalue weighted by molar-refractivity contribution is -0.137. The van der Waals surface area contributed by atoms with Crippen molar-refractivity contribution in [2.45, 2.75) is 19.2 Å². The maximum Gasteiger partial charge on any atom is 0.416 e. The number of aliphatic hydroxyl groups excluding tert-OH is 1. The Hall–Kier alpha value is -1.14. The van der Waals surface area contributed by atoms with E-state index in [0.29, 0.717) is 12.4 Å². The van der Waals surface area contributed by atoms with Gasteiger partial charge in [-0.1, -0.05) is 0 Å². The predicted molar refractivity (Wildman–Crippen MR) is 67.8 cm³/mol. The van der Waals surface area contributed by atoms with E-state index in [1.165, 1.54) is 6.07 Å². The van der Waals surface area contributed by atoms with Crippen LogP contribution in [-0.2, 0) is 6.18 Å². The monoisotopic (exact) mass is 297 g/mol. The van der Waals surface area contributed by atoms with Gasteiger partial charge in [0.05, 0.1) is 29.8 Å². The molecule has 1 atom stereocenters. The van der Waals surface area contributed by atoms with Crippen molar-refractivity contribution in [2.24, 2.45) is 0 Å². The summed E-state index contributed by atoms with van der Waals surface area (Å²) in [5, 5.41) is 12.0. The Morgan fingerprint density at radius 1 is 1.42 bits per heavy atom. The average molecular weight is 298 g/mol. The third kappa shape index (κ3) is 4.80. The van der Waals surface area contributed by atoms with Crippen LogP contribution in [0.4, 0.5) is 18.9 Å². The number of benzene rings is 1. The molecule has 0 amide bonds. The minimum absolute atomic E-state index is 0.00404. The molecule has 0 heterocycles. The molecule has 1 unspecified atom stereocenters. The summed E-state index contributed by atoms with van der Waals surface area (Å²) < 4.78 is 43.1. The third-order valence-corrected chi connectivity index (χ3v) is 2.67. The largest absolute Gasteiger partial charge is 0.492 e. The number of hydrogen-bond donors (Lipinski definition) is 2. The normalized spacial score (nSPS) is 13.2. The van der Waals surface area contributed by atoms with Gasteiger partial charge in [0, 0.05) is 6.54 Å². The lowest BCUT2D eigenvalue weighted by atomic mass is 10.1. The SMILES string of the molecule is CCOc1ccc(C(F)(F)F)cc1NCC(O)CCl. The summed E-state index contributed by atoms with van der Waals surface area (Å²) >= 11 is 5.42. The highest BCUT2D eigenvalue weighted by Gasteiger charge is 2.31. The van der Waals surface area contributed by atoms with Crippen LogP contribution < -0.4 is 10.1 Å². The molecular formula is C12H15ClF3NO2. The molecule has 0 aliphatic rings. The van der Waals surface area contributed by atoms with Crippen LogP contribution in [0.5, 0.6) is 5.75 Å². The molecule has 0 radical (unpaired) electrons. The molecule has 1 aromatic carbocycles. The van der Waals surface area contributed by atoms with Crippen molar-refractivity contribution in [1.29, 1.82) is 0 Å². The van der Waals surface area contributed by atoms with E-state index in [4.69, 9.17) is 16.3 Å². The molecule has 0 aliphatic heterocycles. The first-order chi connectivity index (χ1) is 8.88. The maximum atomic E-state index is 12.6. The number of rotatable bonds is 6. The quantitative estimate of drug-likeness (QED) is 0.793. The van der Waals surface area contributed by atoms with Crippen molar-refractivity contribution in [3.63, 3.8) is 0 Å². The molecule has 1 aromatic rings. The first kappa shape index (κ1) is 15.9. The van der Waals surface area contributed by atoms with Crippen LogP contribution >= 0.6 is 11.6 Å². The van der Waals surface area contributed by atoms with E-state index in [-0.39, 0.29) is 18.1 Å². The number of anilines is 1. The zero-order chi connectivity index (χ0) is 14.5. The van der Waals surface area contributed by atoms with Crippen LogP contribution in [0, 0.1) is 0 Å². The number of alkyl halides is 4. The molecule has 0 fully saturated rings. The Labute approximate surface area is 114 Å². The van der Waals surface area contributed by atoms with Gasteiger partial charge in [0.2, 0.25) is 0 Å². The zero-order valence-electron chi connectivity index (χ0n) is 10.3. The van der Waals surface area contributed by atoms with Gasteiger partial charge >= 0.3 is 6.18 Å². The van der Waals surface area contributed by atoms with Crippen LogP contribution in [0.25, 0.3) is 0 Å². The van der Waals surface area contributed by atoms with Gasteiger partial charge in [-0.25, -0.2) is 0 Å². The fourth-order valence-electron chi connectivity index (χ4n) is 1.41. The van der Waals surface area contributed by atoms with Gasteiger partial charge in [0.15, 0.2) is 0 Å². The molecule has 0 aliphatic carbocycles. The Morgan fingerprint density at radius 3 is 2.63 bits per heavy atom. The number of hydrogen-bond acceptors (Lipinski definition) is 3. The highest BCUT2D eigenvalue weighted by molar-refractivity contribution is 6.18. The molecule has 0 bridgehead atoms. The molecule has 19 heavy (non-hydrogen) atoms. The second-order valence-electron chi connectivity index (χ2n) is 3.83. The Bertz CT molecular complexity index is 412. The molecule has 0 spiro atoms. The van der Waals surface area contributed by atoms with E-state index in [1.807, 2.05) is 0 Å². The maximum absolute atomic E-state index is 12.6. The molecule has 0 saturated carbocycles. The van der Waals surface area contributed by atoms with Gasteiger partial charge in [-0.3, -0.25) is 0 Å². The highest BCUT2D eigenvalue weighted by Crippen LogP contribution is 2.35. The van der Waals surface area contributed by atoms with Crippen molar-refractivity contribution in [3.05, 3.63) is 23.8 Å². The minimum atomic E-state index is -4.42. The van der Waals surface area contributed by atoms with Gasteiger partial charge in [0.1, 0.15) is 5.75 Å². The molecule has 0 aromatic heterocycles. The molecule has 7 heteroatoms. The third-order valence-electron chi connectivity index (χ3n) is 2.31. The standard InChI is InChI=1S/C12H15ClF3NO2/c1-2-19-11-4-3-8(12(14,15)16)5-10(11)17-7-9(18)6-13/h3-5,9,17-18H,2,6-7H2,1H3. The van der Waals surface area contributed by atoms with Crippen molar-refractivity contribution >= 4 is 17.3 Å². The summed E-state index contributed by atoms with van der Waals surface area (Å²) in [6.45, 7) is 2.11. The summed E-state index contributed by atoms with van der Waals surface area (Å²) in [5.74, 6) is 0.299. The van der Waals surface area contributed by atoms with Crippen LogP contribution in [-0.4, -0.2) is 30.2 Å². The molecule has 3 nitrogen and oxygen atoms in total. The first-order valence-electron chi connectivity index (χ1n) is 5.70. The molecule has 108 valence electrons. The van der Waals surface area contributed by atoms with E-state index in [0.717, 1.165) is 12.1 Å². The van der Waals surface area contributed by atoms with Gasteiger partial charge in [-0.2, -0.15) is 13.2 Å². The summed E-state index contributed by atoms with van der Waals surface area (Å²) in [6, 6.07) is 3.15. The lowest BCUT2D eigenvalue weighted by Crippen LogP contribution is -2.21. The Kier molecular flexibility index (Phi) is 5.75. The van der Waals surface area contributed by atoms with Crippen molar-refractivity contribution < 1.29 is 23.0 Å². The molecule has 1 rings (SSSR count). The van der Waals surface area contributed by atoms with Crippen molar-refractivity contribution in [3.8, 4) is 5.75 Å². The summed E-state index contributed by atoms with van der Waals surface area (Å²) in [7, 11) is 0. The number of nitrogens with one attached hydrogen (secondary N) is 1. The number of halogens is 4. The number of ether oxygens (including phenoxy) is 1. The van der Waals surface area contributed by atoms with Crippen molar-refractivity contribution in [1.82, 2.24) is 0 Å². The van der Waals surface area contributed by atoms with Crippen LogP contribution in [0.1, 0.15) is 12.5 Å². The lowest BCUT2D eigenvalue weighted by Gasteiger charge is -2.16. The second kappa shape index (κ2) is 6.86. The number of aliphatic hydroxyl groups is 1. The van der Waals surface area contributed by atoms with E-state index >= 15 is 0 Å². The highest BCUT2D eigenvalue weighted by atomic mass is 35.5. The minimum Gasteiger partial charge on any atom is -0.492 e. The first-order valence-corrected chi connectivity index (χ1v) is 6.23. The second-order valence-corrected chi connectivity index (χ2v) is 4.14. The van der Waals surface area contributed by atoms with Crippen LogP contribution in [0.3, 0.4) is 0 Å². The smallest absolute Gasteiger partial charge is 0.416 e. The van der Waals surface area contributed by atoms with Crippen LogP contribution in [0.15, 0.2) is 18.2 Å². The Morgan fingerprint density at radius 2 is 2.11 bits per heavy atom. The van der Waals surface area contributed by atoms with E-state index in [1.54, 1.807) is 6.92 Å². The fourth-order valence-corrected chi connectivity index (χ4v) is 1.52. The van der Waals surface area contributed by atoms with Gasteiger partial charge < -0.3 is 15.2 Å². The van der Waals surface area contributed by atoms with Crippen LogP contribution in [0.2, 0.25) is 0 Å². The molecular weight excluding hydrogens is 283 g/mol. The van der Waals surface area contributed by atoms with Gasteiger partial charge in [0.25, 0.3) is 0 Å². The van der Waals surface area contributed by atoms with Crippen molar-refractivity contribution in [2.75, 3.05) is 24.3 Å². The molecule has 0 saturated heterocycles. The fraction of sp³-hybridized carbons (Fsp3) is 0.500. The predicted octanol–water partition coefficient (Wildman–Crippen LogP) is 3.12. The summed E-state index contributed by atoms with van der Waals surface area (Å²) in [6.07, 6.45) is -5.27. The van der Waals surface area contributed by atoms with E-state index in [2.05, 4.69) is 5.32 Å².